The fourth-order valence-corrected chi connectivity index (χ4v) is 11.6. The van der Waals surface area contributed by atoms with Crippen LogP contribution in [0.1, 0.15) is 101 Å². The second kappa shape index (κ2) is 24.4. The maximum atomic E-state index is 6.65. The van der Waals surface area contributed by atoms with Crippen LogP contribution in [-0.2, 0) is 52.2 Å². The molecule has 1 atom stereocenters. The third kappa shape index (κ3) is 11.4. The van der Waals surface area contributed by atoms with Gasteiger partial charge in [-0.25, -0.2) is 0 Å². The average molecular weight is 1210 g/mol. The molecule has 0 bridgehead atoms. The SMILES string of the molecule is CC(C)c1cccc(C(C)C)c1C1C=CN=C1c1[c-]ccc2c1oc1cc3c(ccc4ccccc43)cc12.[Ir+3].[c-]1ccccc1-c1cc(CCc2ccccc2Cc2ccccc2CCc2cc[c-]c(-c3ccccn3)c2)ccn1. The van der Waals surface area contributed by atoms with E-state index in [2.05, 4.69) is 214 Å². The maximum Gasteiger partial charge on any atom is 3.00 e. The molecule has 0 N–H and O–H groups in total. The summed E-state index contributed by atoms with van der Waals surface area (Å²) in [7, 11) is 0. The van der Waals surface area contributed by atoms with Gasteiger partial charge in [0.05, 0.1) is 5.58 Å². The molecular formula is C75H62IrN3O. The fourth-order valence-electron chi connectivity index (χ4n) is 11.6. The van der Waals surface area contributed by atoms with Crippen LogP contribution >= 0.6 is 0 Å². The molecule has 0 spiro atoms. The Bertz CT molecular complexity index is 4040. The Morgan fingerprint density at radius 2 is 1.14 bits per heavy atom. The molecule has 80 heavy (non-hydrogen) atoms. The number of hydrogen-bond acceptors (Lipinski definition) is 4. The first-order chi connectivity index (χ1) is 38.8. The molecule has 9 aromatic carbocycles. The maximum absolute atomic E-state index is 6.65. The molecule has 13 rings (SSSR count). The van der Waals surface area contributed by atoms with Crippen LogP contribution in [-0.4, -0.2) is 15.7 Å². The number of pyridine rings is 2. The Morgan fingerprint density at radius 1 is 0.475 bits per heavy atom. The van der Waals surface area contributed by atoms with E-state index in [1.807, 2.05) is 67.1 Å². The number of rotatable bonds is 14. The predicted molar refractivity (Wildman–Crippen MR) is 328 cm³/mol. The van der Waals surface area contributed by atoms with Crippen LogP contribution in [0.4, 0.5) is 0 Å². The number of allylic oxidation sites excluding steroid dienone is 1. The average Bonchev–Trinajstić information content (AvgIpc) is 4.35. The molecule has 0 radical (unpaired) electrons. The van der Waals surface area contributed by atoms with Gasteiger partial charge in [-0.05, 0) is 146 Å². The Morgan fingerprint density at radius 3 is 1.86 bits per heavy atom. The van der Waals surface area contributed by atoms with Crippen molar-refractivity contribution >= 4 is 49.2 Å². The first kappa shape index (κ1) is 53.7. The van der Waals surface area contributed by atoms with Crippen molar-refractivity contribution in [3.8, 4) is 22.5 Å². The van der Waals surface area contributed by atoms with Crippen molar-refractivity contribution in [3.05, 3.63) is 299 Å². The minimum atomic E-state index is 0. The van der Waals surface area contributed by atoms with E-state index < -0.39 is 0 Å². The number of fused-ring (bicyclic) bond motifs is 6. The number of benzene rings is 9. The minimum Gasteiger partial charge on any atom is -0.501 e. The van der Waals surface area contributed by atoms with Crippen LogP contribution in [0.3, 0.4) is 0 Å². The third-order valence-electron chi connectivity index (χ3n) is 15.7. The van der Waals surface area contributed by atoms with Crippen LogP contribution in [0.15, 0.2) is 234 Å². The van der Waals surface area contributed by atoms with Gasteiger partial charge in [0, 0.05) is 29.9 Å². The summed E-state index contributed by atoms with van der Waals surface area (Å²) < 4.78 is 6.65. The molecule has 0 aliphatic carbocycles. The van der Waals surface area contributed by atoms with Gasteiger partial charge in [-0.1, -0.05) is 172 Å². The Hall–Kier alpha value is -8.34. The Balaban J connectivity index is 0.000000167. The first-order valence-electron chi connectivity index (χ1n) is 27.9. The van der Waals surface area contributed by atoms with Gasteiger partial charge in [-0.15, -0.1) is 89.5 Å². The third-order valence-corrected chi connectivity index (χ3v) is 15.7. The van der Waals surface area contributed by atoms with Crippen molar-refractivity contribution in [1.29, 1.82) is 0 Å². The molecule has 3 aromatic heterocycles. The summed E-state index contributed by atoms with van der Waals surface area (Å²) in [5, 5.41) is 7.16. The molecule has 0 amide bonds. The smallest absolute Gasteiger partial charge is 0.501 e. The topological polar surface area (TPSA) is 51.3 Å². The van der Waals surface area contributed by atoms with Gasteiger partial charge < -0.3 is 19.4 Å². The first-order valence-corrected chi connectivity index (χ1v) is 27.9. The summed E-state index contributed by atoms with van der Waals surface area (Å²) >= 11 is 0. The van der Waals surface area contributed by atoms with Crippen molar-refractivity contribution in [2.45, 2.75) is 77.6 Å². The molecule has 12 aromatic rings. The van der Waals surface area contributed by atoms with Gasteiger partial charge in [0.1, 0.15) is 5.58 Å². The van der Waals surface area contributed by atoms with Gasteiger partial charge in [-0.2, -0.15) is 0 Å². The fraction of sp³-hybridized carbons (Fsp3) is 0.160. The zero-order valence-electron chi connectivity index (χ0n) is 45.7. The Kier molecular flexibility index (Phi) is 16.3. The zero-order chi connectivity index (χ0) is 53.7. The molecule has 0 fully saturated rings. The summed E-state index contributed by atoms with van der Waals surface area (Å²) in [5.41, 5.74) is 20.1. The molecule has 392 valence electrons. The number of aromatic nitrogens is 2. The summed E-state index contributed by atoms with van der Waals surface area (Å²) in [5.74, 6) is 0.920. The quantitative estimate of drug-likeness (QED) is 0.0805. The predicted octanol–water partition coefficient (Wildman–Crippen LogP) is 18.6. The normalized spacial score (nSPS) is 13.0. The molecule has 1 aliphatic rings. The zero-order valence-corrected chi connectivity index (χ0v) is 48.1. The van der Waals surface area contributed by atoms with Gasteiger partial charge in [0.25, 0.3) is 0 Å². The van der Waals surface area contributed by atoms with E-state index >= 15 is 0 Å². The molecule has 4 heterocycles. The van der Waals surface area contributed by atoms with Crippen molar-refractivity contribution in [1.82, 2.24) is 9.97 Å². The van der Waals surface area contributed by atoms with Crippen molar-refractivity contribution < 1.29 is 24.5 Å². The molecule has 1 aliphatic heterocycles. The van der Waals surface area contributed by atoms with Crippen molar-refractivity contribution in [2.24, 2.45) is 4.99 Å². The van der Waals surface area contributed by atoms with Crippen LogP contribution in [0.25, 0.3) is 66.0 Å². The molecular weight excluding hydrogens is 1150 g/mol. The van der Waals surface area contributed by atoms with Crippen LogP contribution < -0.4 is 0 Å². The Labute approximate surface area is 484 Å². The number of nitrogens with zero attached hydrogens (tertiary/aromatic N) is 3. The molecule has 5 heteroatoms. The molecule has 0 saturated carbocycles. The van der Waals surface area contributed by atoms with E-state index in [0.29, 0.717) is 11.8 Å². The summed E-state index contributed by atoms with van der Waals surface area (Å²) in [4.78, 5) is 14.0. The van der Waals surface area contributed by atoms with Gasteiger partial charge in [0.2, 0.25) is 0 Å². The minimum absolute atomic E-state index is 0. The molecule has 1 unspecified atom stereocenters. The largest absolute Gasteiger partial charge is 3.00 e. The molecule has 4 nitrogen and oxygen atoms in total. The summed E-state index contributed by atoms with van der Waals surface area (Å²) in [6.07, 6.45) is 12.8. The van der Waals surface area contributed by atoms with E-state index in [-0.39, 0.29) is 26.0 Å². The van der Waals surface area contributed by atoms with Crippen LogP contribution in [0.5, 0.6) is 0 Å². The molecule has 0 saturated heterocycles. The van der Waals surface area contributed by atoms with Crippen molar-refractivity contribution in [2.75, 3.05) is 0 Å². The van der Waals surface area contributed by atoms with Gasteiger partial charge in [-0.3, -0.25) is 0 Å². The summed E-state index contributed by atoms with van der Waals surface area (Å²) in [6, 6.07) is 81.0. The van der Waals surface area contributed by atoms with E-state index in [9.17, 15) is 0 Å². The van der Waals surface area contributed by atoms with Crippen LogP contribution in [0.2, 0.25) is 0 Å². The van der Waals surface area contributed by atoms with E-state index in [1.165, 1.54) is 71.6 Å². The number of hydrogen-bond donors (Lipinski definition) is 0. The number of aliphatic imine (C=N–C) groups is 1. The van der Waals surface area contributed by atoms with E-state index in [0.717, 1.165) is 87.8 Å². The number of aryl methyl sites for hydroxylation is 4. The number of furan rings is 1. The second-order valence-corrected chi connectivity index (χ2v) is 21.4. The van der Waals surface area contributed by atoms with Crippen molar-refractivity contribution in [3.63, 3.8) is 0 Å². The van der Waals surface area contributed by atoms with E-state index in [4.69, 9.17) is 9.41 Å². The summed E-state index contributed by atoms with van der Waals surface area (Å²) in [6.45, 7) is 9.11. The second-order valence-electron chi connectivity index (χ2n) is 21.4. The van der Waals surface area contributed by atoms with E-state index in [1.54, 1.807) is 0 Å². The monoisotopic (exact) mass is 1210 g/mol. The standard InChI is InChI=1S/C39H32N2.C36H30NO.Ir/c1-2-14-34(15-3-1)39-28-31(24-26-41-39)21-23-33-13-5-7-17-36(33)29-35-16-6-4-12-32(35)22-20-30-11-10-18-37(27-30)38-19-8-9-25-40-38;1-21(2)25-11-7-12-26(22(3)4)34(25)29-17-18-37-35(29)30-14-8-13-28-32-19-24-16-15-23-9-5-6-10-27(23)31(24)20-33(32)38-36(28)30;/h1-14,16-17,19,24-28H,20-23,29H2;5-13,15-22,29H,1-4H3;/q-2;-1;+3. The van der Waals surface area contributed by atoms with Gasteiger partial charge in [0.15, 0.2) is 0 Å². The van der Waals surface area contributed by atoms with Crippen LogP contribution in [0, 0.1) is 18.2 Å². The van der Waals surface area contributed by atoms with Gasteiger partial charge >= 0.3 is 20.1 Å².